The SMILES string of the molecule is C[C@@H](NC(=O)NCCCl)c1cccc2ccccc12. The van der Waals surface area contributed by atoms with Crippen molar-refractivity contribution in [3.05, 3.63) is 48.0 Å². The molecule has 0 unspecified atom stereocenters. The number of hydrogen-bond donors (Lipinski definition) is 2. The summed E-state index contributed by atoms with van der Waals surface area (Å²) in [5.74, 6) is 0.413. The maximum atomic E-state index is 11.6. The van der Waals surface area contributed by atoms with Crippen molar-refractivity contribution in [2.75, 3.05) is 12.4 Å². The summed E-state index contributed by atoms with van der Waals surface area (Å²) in [7, 11) is 0. The van der Waals surface area contributed by atoms with Crippen molar-refractivity contribution in [3.8, 4) is 0 Å². The van der Waals surface area contributed by atoms with Crippen molar-refractivity contribution < 1.29 is 4.79 Å². The Hall–Kier alpha value is -1.74. The molecule has 19 heavy (non-hydrogen) atoms. The van der Waals surface area contributed by atoms with Crippen molar-refractivity contribution >= 4 is 28.4 Å². The Morgan fingerprint density at radius 2 is 1.95 bits per heavy atom. The third kappa shape index (κ3) is 3.38. The molecule has 0 spiro atoms. The molecule has 0 saturated carbocycles. The van der Waals surface area contributed by atoms with E-state index in [9.17, 15) is 4.79 Å². The van der Waals surface area contributed by atoms with Crippen LogP contribution in [-0.4, -0.2) is 18.5 Å². The minimum atomic E-state index is -0.193. The lowest BCUT2D eigenvalue weighted by atomic mass is 10.00. The van der Waals surface area contributed by atoms with E-state index in [4.69, 9.17) is 11.6 Å². The van der Waals surface area contributed by atoms with Crippen LogP contribution in [0.3, 0.4) is 0 Å². The first-order valence-corrected chi connectivity index (χ1v) is 6.84. The summed E-state index contributed by atoms with van der Waals surface area (Å²) in [6, 6.07) is 14.0. The Bertz CT molecular complexity index is 566. The topological polar surface area (TPSA) is 41.1 Å². The zero-order chi connectivity index (χ0) is 13.7. The lowest BCUT2D eigenvalue weighted by molar-refractivity contribution is 0.238. The molecular weight excluding hydrogens is 260 g/mol. The van der Waals surface area contributed by atoms with Gasteiger partial charge in [-0.15, -0.1) is 11.6 Å². The predicted octanol–water partition coefficient (Wildman–Crippen LogP) is 3.44. The quantitative estimate of drug-likeness (QED) is 0.825. The van der Waals surface area contributed by atoms with Crippen LogP contribution in [0.15, 0.2) is 42.5 Å². The van der Waals surface area contributed by atoms with Gasteiger partial charge in [0.2, 0.25) is 0 Å². The fourth-order valence-corrected chi connectivity index (χ4v) is 2.21. The maximum absolute atomic E-state index is 11.6. The van der Waals surface area contributed by atoms with Gasteiger partial charge in [0.15, 0.2) is 0 Å². The number of halogens is 1. The number of benzene rings is 2. The number of fused-ring (bicyclic) bond motifs is 1. The van der Waals surface area contributed by atoms with Gasteiger partial charge in [-0.2, -0.15) is 0 Å². The number of amides is 2. The number of hydrogen-bond acceptors (Lipinski definition) is 1. The van der Waals surface area contributed by atoms with Crippen LogP contribution in [-0.2, 0) is 0 Å². The molecule has 0 aromatic heterocycles. The van der Waals surface area contributed by atoms with Gasteiger partial charge in [-0.1, -0.05) is 42.5 Å². The summed E-state index contributed by atoms with van der Waals surface area (Å²) in [6.07, 6.45) is 0. The molecule has 100 valence electrons. The molecule has 0 bridgehead atoms. The summed E-state index contributed by atoms with van der Waals surface area (Å²) in [6.45, 7) is 2.44. The number of carbonyl (C=O) groups excluding carboxylic acids is 1. The second kappa shape index (κ2) is 6.43. The smallest absolute Gasteiger partial charge is 0.315 e. The highest BCUT2D eigenvalue weighted by Crippen LogP contribution is 2.23. The molecule has 0 saturated heterocycles. The molecule has 2 amide bonds. The van der Waals surface area contributed by atoms with Crippen molar-refractivity contribution in [1.82, 2.24) is 10.6 Å². The largest absolute Gasteiger partial charge is 0.337 e. The molecule has 2 aromatic rings. The first-order valence-electron chi connectivity index (χ1n) is 6.30. The molecule has 4 heteroatoms. The van der Waals surface area contributed by atoms with Gasteiger partial charge in [0.25, 0.3) is 0 Å². The van der Waals surface area contributed by atoms with Crippen LogP contribution >= 0.6 is 11.6 Å². The lowest BCUT2D eigenvalue weighted by Gasteiger charge is -2.17. The van der Waals surface area contributed by atoms with Crippen LogP contribution in [0.4, 0.5) is 4.79 Å². The van der Waals surface area contributed by atoms with Gasteiger partial charge in [-0.25, -0.2) is 4.79 Å². The molecule has 0 aliphatic heterocycles. The van der Waals surface area contributed by atoms with E-state index in [0.29, 0.717) is 12.4 Å². The molecule has 0 radical (unpaired) electrons. The van der Waals surface area contributed by atoms with Gasteiger partial charge in [-0.3, -0.25) is 0 Å². The number of carbonyl (C=O) groups is 1. The normalized spacial score (nSPS) is 12.1. The van der Waals surface area contributed by atoms with Crippen molar-refractivity contribution in [1.29, 1.82) is 0 Å². The Balaban J connectivity index is 2.17. The van der Waals surface area contributed by atoms with Crippen LogP contribution < -0.4 is 10.6 Å². The molecule has 0 aliphatic rings. The van der Waals surface area contributed by atoms with Gasteiger partial charge in [0, 0.05) is 12.4 Å². The Labute approximate surface area is 118 Å². The minimum absolute atomic E-state index is 0.0542. The molecule has 2 aromatic carbocycles. The van der Waals surface area contributed by atoms with Gasteiger partial charge in [0.05, 0.1) is 6.04 Å². The fraction of sp³-hybridized carbons (Fsp3) is 0.267. The second-order valence-corrected chi connectivity index (χ2v) is 4.76. The summed E-state index contributed by atoms with van der Waals surface area (Å²) >= 11 is 5.53. The number of alkyl halides is 1. The highest BCUT2D eigenvalue weighted by Gasteiger charge is 2.11. The minimum Gasteiger partial charge on any atom is -0.337 e. The lowest BCUT2D eigenvalue weighted by Crippen LogP contribution is -2.37. The maximum Gasteiger partial charge on any atom is 0.315 e. The Kier molecular flexibility index (Phi) is 4.63. The van der Waals surface area contributed by atoms with Crippen molar-refractivity contribution in [3.63, 3.8) is 0 Å². The van der Waals surface area contributed by atoms with E-state index in [2.05, 4.69) is 28.8 Å². The predicted molar refractivity (Wildman–Crippen MR) is 79.6 cm³/mol. The van der Waals surface area contributed by atoms with Gasteiger partial charge in [-0.05, 0) is 23.3 Å². The first kappa shape index (κ1) is 13.7. The molecule has 2 rings (SSSR count). The summed E-state index contributed by atoms with van der Waals surface area (Å²) in [4.78, 5) is 11.6. The number of nitrogens with one attached hydrogen (secondary N) is 2. The zero-order valence-corrected chi connectivity index (χ0v) is 11.6. The molecule has 0 heterocycles. The summed E-state index contributed by atoms with van der Waals surface area (Å²) in [5, 5.41) is 7.95. The van der Waals surface area contributed by atoms with Crippen LogP contribution in [0, 0.1) is 0 Å². The van der Waals surface area contributed by atoms with Crippen molar-refractivity contribution in [2.45, 2.75) is 13.0 Å². The number of urea groups is 1. The van der Waals surface area contributed by atoms with Crippen LogP contribution in [0.2, 0.25) is 0 Å². The molecule has 0 aliphatic carbocycles. The van der Waals surface area contributed by atoms with Crippen LogP contribution in [0.5, 0.6) is 0 Å². The van der Waals surface area contributed by atoms with Gasteiger partial charge >= 0.3 is 6.03 Å². The average Bonchev–Trinajstić information content (AvgIpc) is 2.44. The van der Waals surface area contributed by atoms with E-state index in [1.807, 2.05) is 31.2 Å². The van der Waals surface area contributed by atoms with E-state index in [0.717, 1.165) is 10.9 Å². The summed E-state index contributed by atoms with van der Waals surface area (Å²) in [5.41, 5.74) is 1.11. The van der Waals surface area contributed by atoms with E-state index in [-0.39, 0.29) is 12.1 Å². The second-order valence-electron chi connectivity index (χ2n) is 4.38. The molecule has 3 nitrogen and oxygen atoms in total. The third-order valence-corrected chi connectivity index (χ3v) is 3.21. The Morgan fingerprint density at radius 3 is 2.74 bits per heavy atom. The molecular formula is C15H17ClN2O. The van der Waals surface area contributed by atoms with Crippen LogP contribution in [0.25, 0.3) is 10.8 Å². The molecule has 2 N–H and O–H groups in total. The van der Waals surface area contributed by atoms with Gasteiger partial charge in [0.1, 0.15) is 0 Å². The number of rotatable bonds is 4. The molecule has 1 atom stereocenters. The first-order chi connectivity index (χ1) is 9.22. The standard InChI is InChI=1S/C15H17ClN2O/c1-11(18-15(19)17-10-9-16)13-8-4-6-12-5-2-3-7-14(12)13/h2-8,11H,9-10H2,1H3,(H2,17,18,19)/t11-/m1/s1. The molecule has 0 fully saturated rings. The van der Waals surface area contributed by atoms with Crippen LogP contribution in [0.1, 0.15) is 18.5 Å². The van der Waals surface area contributed by atoms with E-state index >= 15 is 0 Å². The zero-order valence-electron chi connectivity index (χ0n) is 10.8. The monoisotopic (exact) mass is 276 g/mol. The fourth-order valence-electron chi connectivity index (χ4n) is 2.11. The van der Waals surface area contributed by atoms with Crippen molar-refractivity contribution in [2.24, 2.45) is 0 Å². The van der Waals surface area contributed by atoms with E-state index in [1.165, 1.54) is 5.39 Å². The highest BCUT2D eigenvalue weighted by molar-refractivity contribution is 6.18. The van der Waals surface area contributed by atoms with E-state index < -0.39 is 0 Å². The average molecular weight is 277 g/mol. The Morgan fingerprint density at radius 1 is 1.21 bits per heavy atom. The van der Waals surface area contributed by atoms with Gasteiger partial charge < -0.3 is 10.6 Å². The van der Waals surface area contributed by atoms with E-state index in [1.54, 1.807) is 0 Å². The third-order valence-electron chi connectivity index (χ3n) is 3.02. The highest BCUT2D eigenvalue weighted by atomic mass is 35.5. The summed E-state index contributed by atoms with van der Waals surface area (Å²) < 4.78 is 0.